The predicted octanol–water partition coefficient (Wildman–Crippen LogP) is 3.68. The summed E-state index contributed by atoms with van der Waals surface area (Å²) in [5, 5.41) is 0. The average molecular weight is 372 g/mol. The van der Waals surface area contributed by atoms with Crippen molar-refractivity contribution in [1.29, 1.82) is 0 Å². The molecule has 138 valence electrons. The van der Waals surface area contributed by atoms with Gasteiger partial charge < -0.3 is 4.90 Å². The number of benzene rings is 2. The maximum atomic E-state index is 12.7. The van der Waals surface area contributed by atoms with Gasteiger partial charge in [-0.3, -0.25) is 4.79 Å². The smallest absolute Gasteiger partial charge is 0.226 e. The van der Waals surface area contributed by atoms with Gasteiger partial charge in [-0.25, -0.2) is 8.42 Å². The van der Waals surface area contributed by atoms with Crippen molar-refractivity contribution < 1.29 is 13.2 Å². The van der Waals surface area contributed by atoms with Crippen molar-refractivity contribution in [3.05, 3.63) is 66.2 Å². The molecule has 0 radical (unpaired) electrons. The minimum Gasteiger partial charge on any atom is -0.335 e. The van der Waals surface area contributed by atoms with Crippen LogP contribution in [-0.4, -0.2) is 31.0 Å². The maximum Gasteiger partial charge on any atom is 0.226 e. The summed E-state index contributed by atoms with van der Waals surface area (Å²) >= 11 is 0. The van der Waals surface area contributed by atoms with Crippen molar-refractivity contribution in [2.45, 2.75) is 43.7 Å². The summed E-state index contributed by atoms with van der Waals surface area (Å²) in [7, 11) is -3.33. The van der Waals surface area contributed by atoms with E-state index in [1.54, 1.807) is 30.3 Å². The lowest BCUT2D eigenvalue weighted by atomic mass is 10.1. The first-order valence-corrected chi connectivity index (χ1v) is 10.7. The molecule has 4 nitrogen and oxygen atoms in total. The zero-order valence-corrected chi connectivity index (χ0v) is 15.9. The molecule has 1 saturated carbocycles. The van der Waals surface area contributed by atoms with E-state index in [0.29, 0.717) is 17.9 Å². The fourth-order valence-corrected chi connectivity index (χ4v) is 4.48. The normalized spacial score (nSPS) is 15.4. The minimum atomic E-state index is -3.33. The first-order valence-electron chi connectivity index (χ1n) is 9.09. The Kier molecular flexibility index (Phi) is 5.77. The van der Waals surface area contributed by atoms with Gasteiger partial charge in [0.25, 0.3) is 0 Å². The average Bonchev–Trinajstić information content (AvgIpc) is 3.50. The molecule has 1 aliphatic carbocycles. The summed E-state index contributed by atoms with van der Waals surface area (Å²) in [6.45, 7) is 2.48. The molecule has 1 atom stereocenters. The van der Waals surface area contributed by atoms with Crippen LogP contribution in [-0.2, 0) is 21.2 Å². The van der Waals surface area contributed by atoms with Crippen LogP contribution in [0.15, 0.2) is 65.6 Å². The van der Waals surface area contributed by atoms with Crippen molar-refractivity contribution in [2.75, 3.05) is 5.75 Å². The molecular formula is C21H25NO3S. The van der Waals surface area contributed by atoms with Crippen LogP contribution in [0.2, 0.25) is 0 Å². The molecule has 0 N–H and O–H groups in total. The monoisotopic (exact) mass is 371 g/mol. The van der Waals surface area contributed by atoms with Gasteiger partial charge in [0.1, 0.15) is 0 Å². The Bertz CT molecular complexity index is 830. The number of nitrogens with zero attached hydrogens (tertiary/aromatic N) is 1. The van der Waals surface area contributed by atoms with Crippen molar-refractivity contribution in [3.63, 3.8) is 0 Å². The van der Waals surface area contributed by atoms with E-state index in [2.05, 4.69) is 0 Å². The number of rotatable bonds is 8. The third kappa shape index (κ3) is 4.73. The molecule has 2 aromatic carbocycles. The second-order valence-electron chi connectivity index (χ2n) is 7.00. The van der Waals surface area contributed by atoms with Gasteiger partial charge in [0.05, 0.1) is 10.6 Å². The van der Waals surface area contributed by atoms with Gasteiger partial charge in [0, 0.05) is 18.5 Å². The van der Waals surface area contributed by atoms with E-state index in [1.165, 1.54) is 0 Å². The molecule has 1 aliphatic rings. The number of hydrogen-bond acceptors (Lipinski definition) is 3. The van der Waals surface area contributed by atoms with Gasteiger partial charge in [0.15, 0.2) is 9.84 Å². The van der Waals surface area contributed by atoms with E-state index in [0.717, 1.165) is 18.4 Å². The topological polar surface area (TPSA) is 54.5 Å². The Morgan fingerprint density at radius 2 is 1.62 bits per heavy atom. The third-order valence-corrected chi connectivity index (χ3v) is 6.61. The van der Waals surface area contributed by atoms with Crippen LogP contribution in [0, 0.1) is 5.92 Å². The SMILES string of the molecule is CC(CCS(=O)(=O)c1ccccc1)N(Cc1ccccc1)C(=O)C1CC1. The molecule has 0 heterocycles. The van der Waals surface area contributed by atoms with Crippen LogP contribution in [0.5, 0.6) is 0 Å². The van der Waals surface area contributed by atoms with Crippen molar-refractivity contribution in [1.82, 2.24) is 4.90 Å². The highest BCUT2D eigenvalue weighted by Gasteiger charge is 2.35. The lowest BCUT2D eigenvalue weighted by Crippen LogP contribution is -2.40. The zero-order chi connectivity index (χ0) is 18.6. The molecule has 1 unspecified atom stereocenters. The lowest BCUT2D eigenvalue weighted by Gasteiger charge is -2.30. The second kappa shape index (κ2) is 8.04. The van der Waals surface area contributed by atoms with Gasteiger partial charge in [0.2, 0.25) is 5.91 Å². The summed E-state index contributed by atoms with van der Waals surface area (Å²) in [4.78, 5) is 14.9. The van der Waals surface area contributed by atoms with Gasteiger partial charge in [-0.1, -0.05) is 48.5 Å². The minimum absolute atomic E-state index is 0.0431. The Labute approximate surface area is 155 Å². The van der Waals surface area contributed by atoms with Gasteiger partial charge in [-0.05, 0) is 43.9 Å². The highest BCUT2D eigenvalue weighted by atomic mass is 32.2. The molecule has 0 spiro atoms. The first kappa shape index (κ1) is 18.6. The standard InChI is InChI=1S/C21H25NO3S/c1-17(14-15-26(24,25)20-10-6-3-7-11-20)22(21(23)19-12-13-19)16-18-8-4-2-5-9-18/h2-11,17,19H,12-16H2,1H3. The van der Waals surface area contributed by atoms with Gasteiger partial charge >= 0.3 is 0 Å². The molecule has 1 fully saturated rings. The Morgan fingerprint density at radius 3 is 2.19 bits per heavy atom. The molecule has 1 amide bonds. The summed E-state index contributed by atoms with van der Waals surface area (Å²) in [6, 6.07) is 18.3. The largest absolute Gasteiger partial charge is 0.335 e. The zero-order valence-electron chi connectivity index (χ0n) is 15.0. The Morgan fingerprint density at radius 1 is 1.04 bits per heavy atom. The molecule has 0 aromatic heterocycles. The van der Waals surface area contributed by atoms with Crippen molar-refractivity contribution in [2.24, 2.45) is 5.92 Å². The summed E-state index contributed by atoms with van der Waals surface area (Å²) in [5.41, 5.74) is 1.07. The molecular weight excluding hydrogens is 346 g/mol. The van der Waals surface area contributed by atoms with Crippen molar-refractivity contribution >= 4 is 15.7 Å². The van der Waals surface area contributed by atoms with Crippen LogP contribution < -0.4 is 0 Å². The Hall–Kier alpha value is -2.14. The summed E-state index contributed by atoms with van der Waals surface area (Å²) in [5.74, 6) is 0.312. The number of carbonyl (C=O) groups excluding carboxylic acids is 1. The van der Waals surface area contributed by atoms with E-state index in [1.807, 2.05) is 42.2 Å². The maximum absolute atomic E-state index is 12.7. The summed E-state index contributed by atoms with van der Waals surface area (Å²) < 4.78 is 25.1. The van der Waals surface area contributed by atoms with E-state index < -0.39 is 9.84 Å². The first-order chi connectivity index (χ1) is 12.5. The lowest BCUT2D eigenvalue weighted by molar-refractivity contribution is -0.135. The fraction of sp³-hybridized carbons (Fsp3) is 0.381. The molecule has 5 heteroatoms. The molecule has 3 rings (SSSR count). The molecule has 0 bridgehead atoms. The fourth-order valence-electron chi connectivity index (χ4n) is 3.02. The van der Waals surface area contributed by atoms with Crippen LogP contribution in [0.1, 0.15) is 31.7 Å². The van der Waals surface area contributed by atoms with E-state index in [-0.39, 0.29) is 23.6 Å². The van der Waals surface area contributed by atoms with Gasteiger partial charge in [-0.15, -0.1) is 0 Å². The quantitative estimate of drug-likeness (QED) is 0.711. The van der Waals surface area contributed by atoms with Crippen LogP contribution in [0.3, 0.4) is 0 Å². The molecule has 0 saturated heterocycles. The van der Waals surface area contributed by atoms with Gasteiger partial charge in [-0.2, -0.15) is 0 Å². The summed E-state index contributed by atoms with van der Waals surface area (Å²) in [6.07, 6.45) is 2.32. The van der Waals surface area contributed by atoms with E-state index in [4.69, 9.17) is 0 Å². The molecule has 2 aromatic rings. The van der Waals surface area contributed by atoms with Crippen LogP contribution in [0.25, 0.3) is 0 Å². The second-order valence-corrected chi connectivity index (χ2v) is 9.10. The number of hydrogen-bond donors (Lipinski definition) is 0. The predicted molar refractivity (Wildman–Crippen MR) is 102 cm³/mol. The molecule has 26 heavy (non-hydrogen) atoms. The number of sulfone groups is 1. The highest BCUT2D eigenvalue weighted by Crippen LogP contribution is 2.32. The van der Waals surface area contributed by atoms with Crippen LogP contribution in [0.4, 0.5) is 0 Å². The third-order valence-electron chi connectivity index (χ3n) is 4.84. The van der Waals surface area contributed by atoms with Crippen molar-refractivity contribution in [3.8, 4) is 0 Å². The Balaban J connectivity index is 1.69. The number of carbonyl (C=O) groups is 1. The van der Waals surface area contributed by atoms with Crippen LogP contribution >= 0.6 is 0 Å². The highest BCUT2D eigenvalue weighted by molar-refractivity contribution is 7.91. The van der Waals surface area contributed by atoms with E-state index in [9.17, 15) is 13.2 Å². The molecule has 0 aliphatic heterocycles. The number of amides is 1. The van der Waals surface area contributed by atoms with E-state index >= 15 is 0 Å².